The van der Waals surface area contributed by atoms with Crippen molar-refractivity contribution in [2.75, 3.05) is 19.0 Å². The highest BCUT2D eigenvalue weighted by atomic mass is 79.9. The highest BCUT2D eigenvalue weighted by Gasteiger charge is 2.14. The van der Waals surface area contributed by atoms with Gasteiger partial charge in [-0.05, 0) is 67.1 Å². The van der Waals surface area contributed by atoms with Gasteiger partial charge in [0.1, 0.15) is 24.0 Å². The van der Waals surface area contributed by atoms with Crippen molar-refractivity contribution in [2.45, 2.75) is 13.5 Å². The van der Waals surface area contributed by atoms with Gasteiger partial charge in [0.2, 0.25) is 0 Å². The normalized spacial score (nSPS) is 10.9. The van der Waals surface area contributed by atoms with E-state index in [0.717, 1.165) is 5.56 Å². The van der Waals surface area contributed by atoms with E-state index in [2.05, 4.69) is 21.2 Å². The maximum atomic E-state index is 12.7. The summed E-state index contributed by atoms with van der Waals surface area (Å²) in [6.45, 7) is 2.63. The molecule has 0 aliphatic carbocycles. The van der Waals surface area contributed by atoms with E-state index in [1.807, 2.05) is 13.0 Å². The number of hydrogen-bond donors (Lipinski definition) is 1. The van der Waals surface area contributed by atoms with Crippen molar-refractivity contribution < 1.29 is 19.0 Å². The molecule has 0 unspecified atom stereocenters. The number of nitrogens with one attached hydrogen (secondary N) is 1. The van der Waals surface area contributed by atoms with Crippen LogP contribution in [0.4, 0.5) is 5.69 Å². The fourth-order valence-electron chi connectivity index (χ4n) is 3.03. The smallest absolute Gasteiger partial charge is 0.266 e. The molecule has 0 saturated carbocycles. The number of carbonyl (C=O) groups excluding carboxylic acids is 1. The van der Waals surface area contributed by atoms with Gasteiger partial charge in [-0.25, -0.2) is 0 Å². The molecule has 1 N–H and O–H groups in total. The van der Waals surface area contributed by atoms with Crippen molar-refractivity contribution in [3.63, 3.8) is 0 Å². The van der Waals surface area contributed by atoms with Crippen molar-refractivity contribution in [3.05, 3.63) is 85.8 Å². The maximum absolute atomic E-state index is 12.7. The number of ether oxygens (including phenoxy) is 3. The molecule has 0 bridgehead atoms. The predicted octanol–water partition coefficient (Wildman–Crippen LogP) is 7.29. The first-order valence-electron chi connectivity index (χ1n) is 10.4. The average molecular weight is 576 g/mol. The number of anilines is 1. The summed E-state index contributed by atoms with van der Waals surface area (Å²) in [5, 5.41) is 13.3. The van der Waals surface area contributed by atoms with Crippen LogP contribution in [0.15, 0.2) is 64.6 Å². The summed E-state index contributed by atoms with van der Waals surface area (Å²) in [5.41, 5.74) is 1.79. The van der Waals surface area contributed by atoms with Gasteiger partial charge in [-0.3, -0.25) is 4.79 Å². The molecule has 180 valence electrons. The third-order valence-corrected chi connectivity index (χ3v) is 6.04. The number of hydrogen-bond acceptors (Lipinski definition) is 5. The number of carbonyl (C=O) groups is 1. The molecule has 0 aromatic heterocycles. The third kappa shape index (κ3) is 7.15. The second-order valence-corrected chi connectivity index (χ2v) is 8.83. The number of amides is 1. The Balaban J connectivity index is 1.78. The highest BCUT2D eigenvalue weighted by Crippen LogP contribution is 2.35. The molecule has 1 amide bonds. The van der Waals surface area contributed by atoms with E-state index in [4.69, 9.17) is 37.4 Å². The van der Waals surface area contributed by atoms with Gasteiger partial charge in [0, 0.05) is 25.8 Å². The number of halogens is 3. The Morgan fingerprint density at radius 3 is 2.46 bits per heavy atom. The summed E-state index contributed by atoms with van der Waals surface area (Å²) < 4.78 is 17.4. The van der Waals surface area contributed by atoms with Crippen LogP contribution in [-0.2, 0) is 11.4 Å². The Hall–Kier alpha value is -3.18. The molecule has 0 spiro atoms. The van der Waals surface area contributed by atoms with Crippen molar-refractivity contribution >= 4 is 56.8 Å². The lowest BCUT2D eigenvalue weighted by Gasteiger charge is -2.14. The predicted molar refractivity (Wildman–Crippen MR) is 141 cm³/mol. The molecule has 3 rings (SSSR count). The van der Waals surface area contributed by atoms with Gasteiger partial charge >= 0.3 is 0 Å². The van der Waals surface area contributed by atoms with Gasteiger partial charge in [-0.2, -0.15) is 5.26 Å². The largest absolute Gasteiger partial charge is 0.494 e. The minimum absolute atomic E-state index is 0.0803. The number of nitrogens with zero attached hydrogens (tertiary/aromatic N) is 1. The zero-order chi connectivity index (χ0) is 25.4. The first kappa shape index (κ1) is 26.4. The fraction of sp³-hybridized carbons (Fsp3) is 0.154. The number of benzene rings is 3. The quantitative estimate of drug-likeness (QED) is 0.214. The Bertz CT molecular complexity index is 1290. The summed E-state index contributed by atoms with van der Waals surface area (Å²) in [5.74, 6) is 1.03. The zero-order valence-corrected chi connectivity index (χ0v) is 22.0. The molecule has 9 heteroatoms. The minimum atomic E-state index is -0.541. The van der Waals surface area contributed by atoms with Gasteiger partial charge in [0.05, 0.1) is 13.7 Å². The van der Waals surface area contributed by atoms with Crippen LogP contribution in [0.5, 0.6) is 17.2 Å². The first-order chi connectivity index (χ1) is 16.8. The van der Waals surface area contributed by atoms with Crippen LogP contribution in [0.25, 0.3) is 6.08 Å². The Kier molecular flexibility index (Phi) is 9.44. The van der Waals surface area contributed by atoms with Gasteiger partial charge in [-0.1, -0.05) is 45.2 Å². The summed E-state index contributed by atoms with van der Waals surface area (Å²) in [4.78, 5) is 12.7. The summed E-state index contributed by atoms with van der Waals surface area (Å²) >= 11 is 15.6. The van der Waals surface area contributed by atoms with E-state index < -0.39 is 5.91 Å². The maximum Gasteiger partial charge on any atom is 0.266 e. The first-order valence-corrected chi connectivity index (χ1v) is 12.0. The van der Waals surface area contributed by atoms with E-state index in [1.165, 1.54) is 13.2 Å². The number of nitriles is 1. The molecule has 0 aliphatic heterocycles. The molecule has 0 heterocycles. The van der Waals surface area contributed by atoms with Gasteiger partial charge in [0.25, 0.3) is 5.91 Å². The molecule has 0 radical (unpaired) electrons. The SMILES string of the molecule is CCOc1ccc(NC(=O)/C(C#N)=C/c2cc(OC)c(OCc3ccc(Cl)cc3Cl)cc2Br)cc1. The van der Waals surface area contributed by atoms with E-state index in [1.54, 1.807) is 54.6 Å². The highest BCUT2D eigenvalue weighted by molar-refractivity contribution is 9.10. The third-order valence-electron chi connectivity index (χ3n) is 4.77. The van der Waals surface area contributed by atoms with Crippen molar-refractivity contribution in [1.82, 2.24) is 0 Å². The molecule has 3 aromatic rings. The Labute approximate surface area is 222 Å². The molecule has 6 nitrogen and oxygen atoms in total. The van der Waals surface area contributed by atoms with E-state index in [-0.39, 0.29) is 12.2 Å². The van der Waals surface area contributed by atoms with Gasteiger partial charge in [-0.15, -0.1) is 0 Å². The van der Waals surface area contributed by atoms with Crippen molar-refractivity contribution in [2.24, 2.45) is 0 Å². The van der Waals surface area contributed by atoms with Gasteiger partial charge < -0.3 is 19.5 Å². The molecule has 3 aromatic carbocycles. The molecule has 35 heavy (non-hydrogen) atoms. The second-order valence-electron chi connectivity index (χ2n) is 7.13. The fourth-order valence-corrected chi connectivity index (χ4v) is 3.93. The summed E-state index contributed by atoms with van der Waals surface area (Å²) in [6.07, 6.45) is 1.47. The molecule has 0 atom stereocenters. The molecular formula is C26H21BrCl2N2O4. The van der Waals surface area contributed by atoms with Crippen LogP contribution in [0, 0.1) is 11.3 Å². The van der Waals surface area contributed by atoms with Gasteiger partial charge in [0.15, 0.2) is 11.5 Å². The summed E-state index contributed by atoms with van der Waals surface area (Å²) in [7, 11) is 1.50. The lowest BCUT2D eigenvalue weighted by Crippen LogP contribution is -2.13. The van der Waals surface area contributed by atoms with E-state index in [0.29, 0.717) is 49.6 Å². The van der Waals surface area contributed by atoms with E-state index >= 15 is 0 Å². The second kappa shape index (κ2) is 12.5. The lowest BCUT2D eigenvalue weighted by molar-refractivity contribution is -0.112. The van der Waals surface area contributed by atoms with Crippen LogP contribution in [-0.4, -0.2) is 19.6 Å². The van der Waals surface area contributed by atoms with Crippen molar-refractivity contribution in [3.8, 4) is 23.3 Å². The van der Waals surface area contributed by atoms with Crippen LogP contribution in [0.1, 0.15) is 18.1 Å². The standard InChI is InChI=1S/C26H21BrCl2N2O4/c1-3-34-21-8-6-20(7-9-21)31-26(32)18(14-30)10-17-11-24(33-2)25(13-22(17)27)35-15-16-4-5-19(28)12-23(16)29/h4-13H,3,15H2,1-2H3,(H,31,32)/b18-10+. The number of methoxy groups -OCH3 is 1. The van der Waals surface area contributed by atoms with Crippen LogP contribution < -0.4 is 19.5 Å². The molecule has 0 fully saturated rings. The van der Waals surface area contributed by atoms with E-state index in [9.17, 15) is 10.1 Å². The molecule has 0 saturated heterocycles. The van der Waals surface area contributed by atoms with Crippen LogP contribution in [0.2, 0.25) is 10.0 Å². The topological polar surface area (TPSA) is 80.6 Å². The molecular weight excluding hydrogens is 555 g/mol. The minimum Gasteiger partial charge on any atom is -0.494 e. The van der Waals surface area contributed by atoms with Crippen molar-refractivity contribution in [1.29, 1.82) is 5.26 Å². The average Bonchev–Trinajstić information content (AvgIpc) is 2.84. The van der Waals surface area contributed by atoms with Crippen LogP contribution in [0.3, 0.4) is 0 Å². The lowest BCUT2D eigenvalue weighted by atomic mass is 10.1. The summed E-state index contributed by atoms with van der Waals surface area (Å²) in [6, 6.07) is 17.4. The Morgan fingerprint density at radius 2 is 1.83 bits per heavy atom. The number of rotatable bonds is 9. The van der Waals surface area contributed by atoms with Crippen LogP contribution >= 0.6 is 39.1 Å². The Morgan fingerprint density at radius 1 is 1.09 bits per heavy atom. The molecule has 0 aliphatic rings. The zero-order valence-electron chi connectivity index (χ0n) is 18.9. The monoisotopic (exact) mass is 574 g/mol.